The lowest BCUT2D eigenvalue weighted by Crippen LogP contribution is -2.43. The van der Waals surface area contributed by atoms with Crippen LogP contribution in [0.15, 0.2) is 50.5 Å². The number of hydrogen-bond acceptors (Lipinski definition) is 10. The highest BCUT2D eigenvalue weighted by molar-refractivity contribution is 6.00. The number of benzene rings is 2. The smallest absolute Gasteiger partial charge is 0.284 e. The maximum absolute atomic E-state index is 15.9. The van der Waals surface area contributed by atoms with Gasteiger partial charge in [-0.25, -0.2) is 8.78 Å². The Labute approximate surface area is 252 Å². The standard InChI is InChI=1S/C30H24F2N4O10/c1-5-11(9-45-3)33-23(37)13-7-15-16(8-14(13)24(33)38)26(40)35(25(15)39)36-29(43)19-20(30(36)44)22(32)18-17(21(19)31)27(41)34(28(18)42)12(6-2)10-46-4/h7-8,11-12H,5-6,9-10H2,1-4H3. The maximum Gasteiger partial charge on any atom is 0.284 e. The molecule has 0 bridgehead atoms. The molecule has 0 N–H and O–H groups in total. The number of ether oxygens (including phenoxy) is 2. The molecule has 0 aliphatic heterocycles. The molecule has 16 heteroatoms. The number of methoxy groups -OCH3 is 2. The van der Waals surface area contributed by atoms with E-state index in [2.05, 4.69) is 0 Å². The number of rotatable bonds is 9. The zero-order valence-corrected chi connectivity index (χ0v) is 24.8. The van der Waals surface area contributed by atoms with Crippen molar-refractivity contribution in [2.45, 2.75) is 38.8 Å². The zero-order chi connectivity index (χ0) is 33.5. The summed E-state index contributed by atoms with van der Waals surface area (Å²) in [6, 6.07) is 0.412. The molecular weight excluding hydrogens is 614 g/mol. The van der Waals surface area contributed by atoms with Crippen molar-refractivity contribution in [3.05, 3.63) is 107 Å². The average Bonchev–Trinajstić information content (AvgIpc) is 3.63. The van der Waals surface area contributed by atoms with Crippen LogP contribution in [0.1, 0.15) is 38.8 Å². The summed E-state index contributed by atoms with van der Waals surface area (Å²) >= 11 is 0. The van der Waals surface area contributed by atoms with Gasteiger partial charge < -0.3 is 9.47 Å². The van der Waals surface area contributed by atoms with Gasteiger partial charge in [0.25, 0.3) is 44.5 Å². The van der Waals surface area contributed by atoms with Crippen molar-refractivity contribution in [2.75, 3.05) is 27.4 Å². The largest absolute Gasteiger partial charge is 0.383 e. The van der Waals surface area contributed by atoms with Crippen molar-refractivity contribution < 1.29 is 18.3 Å². The third-order valence-electron chi connectivity index (χ3n) is 8.55. The van der Waals surface area contributed by atoms with Gasteiger partial charge in [0.2, 0.25) is 0 Å². The SMILES string of the molecule is CCC(COC)n1c(=O)c2cc3c(=O)n(-n4c(=O)c5c(F)c6c(=O)n(C(CC)COC)c(=O)c6c(F)c5c4=O)c(=O)c3cc2c1=O. The highest BCUT2D eigenvalue weighted by Crippen LogP contribution is 2.25. The number of fused-ring (bicyclic) bond motifs is 4. The summed E-state index contributed by atoms with van der Waals surface area (Å²) in [5, 5.41) is -5.94. The van der Waals surface area contributed by atoms with Gasteiger partial charge in [0.1, 0.15) is 0 Å². The summed E-state index contributed by atoms with van der Waals surface area (Å²) in [6.07, 6.45) is 0.515. The summed E-state index contributed by atoms with van der Waals surface area (Å²) < 4.78 is 43.4. The monoisotopic (exact) mass is 638 g/mol. The van der Waals surface area contributed by atoms with E-state index >= 15 is 8.78 Å². The Morgan fingerprint density at radius 3 is 1.17 bits per heavy atom. The predicted octanol–water partition coefficient (Wildman–Crippen LogP) is -0.0772. The van der Waals surface area contributed by atoms with Crippen LogP contribution < -0.4 is 44.5 Å². The molecule has 14 nitrogen and oxygen atoms in total. The van der Waals surface area contributed by atoms with Crippen molar-refractivity contribution in [3.8, 4) is 0 Å². The van der Waals surface area contributed by atoms with E-state index in [1.807, 2.05) is 0 Å². The first-order valence-corrected chi connectivity index (χ1v) is 14.1. The van der Waals surface area contributed by atoms with Crippen LogP contribution in [0.2, 0.25) is 0 Å². The first kappa shape index (κ1) is 30.8. The number of halogens is 2. The van der Waals surface area contributed by atoms with E-state index in [9.17, 15) is 38.4 Å². The van der Waals surface area contributed by atoms with E-state index in [4.69, 9.17) is 9.47 Å². The molecule has 0 radical (unpaired) electrons. The second-order valence-corrected chi connectivity index (χ2v) is 10.9. The van der Waals surface area contributed by atoms with Gasteiger partial charge in [0.15, 0.2) is 11.6 Å². The van der Waals surface area contributed by atoms with Gasteiger partial charge in [-0.05, 0) is 25.0 Å². The summed E-state index contributed by atoms with van der Waals surface area (Å²) in [5.74, 6) is -3.34. The molecule has 4 aromatic heterocycles. The van der Waals surface area contributed by atoms with Gasteiger partial charge in [0.05, 0.1) is 68.4 Å². The topological polar surface area (TPSA) is 175 Å². The third kappa shape index (κ3) is 3.79. The molecule has 6 aromatic rings. The summed E-state index contributed by atoms with van der Waals surface area (Å²) in [4.78, 5) is 107. The molecule has 0 fully saturated rings. The second kappa shape index (κ2) is 10.7. The van der Waals surface area contributed by atoms with Gasteiger partial charge in [0, 0.05) is 14.2 Å². The van der Waals surface area contributed by atoms with Crippen LogP contribution in [0.4, 0.5) is 8.78 Å². The normalized spacial score (nSPS) is 13.6. The fourth-order valence-electron chi connectivity index (χ4n) is 6.27. The zero-order valence-electron chi connectivity index (χ0n) is 24.8. The van der Waals surface area contributed by atoms with E-state index in [-0.39, 0.29) is 39.8 Å². The van der Waals surface area contributed by atoms with E-state index in [0.29, 0.717) is 11.0 Å². The van der Waals surface area contributed by atoms with Crippen molar-refractivity contribution in [1.29, 1.82) is 0 Å². The van der Waals surface area contributed by atoms with Crippen LogP contribution in [0, 0.1) is 11.6 Å². The maximum atomic E-state index is 15.9. The molecule has 46 heavy (non-hydrogen) atoms. The van der Waals surface area contributed by atoms with Crippen LogP contribution in [0.25, 0.3) is 43.1 Å². The number of hydrogen-bond donors (Lipinski definition) is 0. The summed E-state index contributed by atoms with van der Waals surface area (Å²) in [6.45, 7) is 3.21. The molecule has 6 rings (SSSR count). The second-order valence-electron chi connectivity index (χ2n) is 10.9. The van der Waals surface area contributed by atoms with Crippen LogP contribution in [0.5, 0.6) is 0 Å². The third-order valence-corrected chi connectivity index (χ3v) is 8.55. The molecule has 0 aliphatic carbocycles. The first-order chi connectivity index (χ1) is 21.9. The Morgan fingerprint density at radius 2 is 0.826 bits per heavy atom. The van der Waals surface area contributed by atoms with Crippen LogP contribution >= 0.6 is 0 Å². The highest BCUT2D eigenvalue weighted by Gasteiger charge is 2.33. The fraction of sp³-hybridized carbons (Fsp3) is 0.333. The van der Waals surface area contributed by atoms with Gasteiger partial charge >= 0.3 is 0 Å². The molecule has 2 atom stereocenters. The van der Waals surface area contributed by atoms with Crippen LogP contribution in [-0.2, 0) is 9.47 Å². The molecular formula is C30H24F2N4O10. The minimum atomic E-state index is -1.67. The Bertz CT molecular complexity index is 2540. The Balaban J connectivity index is 1.68. The molecule has 0 aliphatic rings. The first-order valence-electron chi connectivity index (χ1n) is 14.1. The number of nitrogens with zero attached hydrogens (tertiary/aromatic N) is 4. The van der Waals surface area contributed by atoms with Crippen LogP contribution in [-0.4, -0.2) is 45.9 Å². The highest BCUT2D eigenvalue weighted by atomic mass is 19.1. The van der Waals surface area contributed by atoms with Crippen molar-refractivity contribution in [2.24, 2.45) is 0 Å². The van der Waals surface area contributed by atoms with E-state index in [1.54, 1.807) is 13.8 Å². The fourth-order valence-corrected chi connectivity index (χ4v) is 6.27. The molecule has 238 valence electrons. The Hall–Kier alpha value is -5.22. The molecule has 0 spiro atoms. The molecule has 4 heterocycles. The summed E-state index contributed by atoms with van der Waals surface area (Å²) in [7, 11) is 2.69. The van der Waals surface area contributed by atoms with Gasteiger partial charge in [-0.2, -0.15) is 9.35 Å². The molecule has 2 aromatic carbocycles. The molecule has 0 saturated heterocycles. The van der Waals surface area contributed by atoms with Crippen LogP contribution in [0.3, 0.4) is 0 Å². The molecule has 2 unspecified atom stereocenters. The number of aromatic nitrogens is 4. The lowest BCUT2D eigenvalue weighted by atomic mass is 10.1. The van der Waals surface area contributed by atoms with Crippen molar-refractivity contribution in [3.63, 3.8) is 0 Å². The van der Waals surface area contributed by atoms with Gasteiger partial charge in [-0.3, -0.25) is 47.5 Å². The van der Waals surface area contributed by atoms with E-state index in [0.717, 1.165) is 16.7 Å². The van der Waals surface area contributed by atoms with Gasteiger partial charge in [-0.1, -0.05) is 13.8 Å². The Kier molecular flexibility index (Phi) is 7.16. The van der Waals surface area contributed by atoms with E-state index in [1.165, 1.54) is 14.2 Å². The predicted molar refractivity (Wildman–Crippen MR) is 163 cm³/mol. The van der Waals surface area contributed by atoms with Crippen molar-refractivity contribution >= 4 is 43.1 Å². The van der Waals surface area contributed by atoms with Crippen molar-refractivity contribution in [1.82, 2.24) is 18.5 Å². The molecule has 0 amide bonds. The van der Waals surface area contributed by atoms with E-state index < -0.39 is 101 Å². The lowest BCUT2D eigenvalue weighted by Gasteiger charge is -2.13. The summed E-state index contributed by atoms with van der Waals surface area (Å²) in [5.41, 5.74) is -9.91. The lowest BCUT2D eigenvalue weighted by molar-refractivity contribution is 0.151. The average molecular weight is 639 g/mol. The quantitative estimate of drug-likeness (QED) is 0.208. The van der Waals surface area contributed by atoms with Gasteiger partial charge in [-0.15, -0.1) is 0 Å². The minimum absolute atomic E-state index is 0.0329. The Morgan fingerprint density at radius 1 is 0.522 bits per heavy atom. The minimum Gasteiger partial charge on any atom is -0.383 e. The molecule has 0 saturated carbocycles.